The largest absolute Gasteiger partial charge is 0.377 e. The number of ether oxygens (including phenoxy) is 1. The van der Waals surface area contributed by atoms with Crippen molar-refractivity contribution in [3.8, 4) is 11.4 Å². The quantitative estimate of drug-likeness (QED) is 0.262. The lowest BCUT2D eigenvalue weighted by molar-refractivity contribution is 0.0985. The molecule has 12 heteroatoms. The highest BCUT2D eigenvalue weighted by Crippen LogP contribution is 2.51. The Morgan fingerprint density at radius 3 is 2.42 bits per heavy atom. The standard InChI is InChI=1S/C31H35N7O4S/c1-20-5-11-25(12-6-20)43(40,41)31(13-4-14-31)27-17-28(38-15-16-42-19-21(38)2)36-29(35-27)23-7-9-24(10-8-23)33-30(39)34-26-18-32-37-22(26)3/h5-12,17-18,21H,4,13-16,19H2,1-3H3,(H,32,37)(H2,33,34,39)/t21-/m0/s1. The number of urea groups is 1. The average molecular weight is 602 g/mol. The Bertz CT molecular complexity index is 1730. The molecule has 3 heterocycles. The maximum atomic E-state index is 14.2. The number of H-pyrrole nitrogens is 1. The molecule has 1 atom stereocenters. The molecule has 2 amide bonds. The van der Waals surface area contributed by atoms with Crippen LogP contribution >= 0.6 is 0 Å². The van der Waals surface area contributed by atoms with Crippen molar-refractivity contribution in [2.24, 2.45) is 0 Å². The highest BCUT2D eigenvalue weighted by molar-refractivity contribution is 7.92. The zero-order valence-corrected chi connectivity index (χ0v) is 25.2. The molecule has 0 bridgehead atoms. The summed E-state index contributed by atoms with van der Waals surface area (Å²) in [5, 5.41) is 12.3. The van der Waals surface area contributed by atoms with Crippen LogP contribution in [0.5, 0.6) is 0 Å². The van der Waals surface area contributed by atoms with Gasteiger partial charge < -0.3 is 20.3 Å². The number of sulfone groups is 1. The number of nitrogens with zero attached hydrogens (tertiary/aromatic N) is 4. The van der Waals surface area contributed by atoms with Gasteiger partial charge in [-0.1, -0.05) is 17.7 Å². The van der Waals surface area contributed by atoms with E-state index in [2.05, 4.69) is 32.7 Å². The van der Waals surface area contributed by atoms with Gasteiger partial charge in [-0.2, -0.15) is 5.10 Å². The van der Waals surface area contributed by atoms with E-state index in [1.807, 2.05) is 44.2 Å². The van der Waals surface area contributed by atoms with Crippen LogP contribution in [0.2, 0.25) is 0 Å². The first-order valence-corrected chi connectivity index (χ1v) is 15.9. The lowest BCUT2D eigenvalue weighted by atomic mass is 9.81. The number of aromatic nitrogens is 4. The number of hydrogen-bond donors (Lipinski definition) is 3. The van der Waals surface area contributed by atoms with E-state index in [0.29, 0.717) is 71.8 Å². The fourth-order valence-corrected chi connectivity index (χ4v) is 7.73. The summed E-state index contributed by atoms with van der Waals surface area (Å²) in [7, 11) is -3.73. The van der Waals surface area contributed by atoms with E-state index in [4.69, 9.17) is 14.7 Å². The van der Waals surface area contributed by atoms with Crippen molar-refractivity contribution < 1.29 is 17.9 Å². The lowest BCUT2D eigenvalue weighted by Gasteiger charge is -2.41. The number of anilines is 3. The van der Waals surface area contributed by atoms with Crippen molar-refractivity contribution in [3.05, 3.63) is 77.7 Å². The maximum absolute atomic E-state index is 14.2. The number of morpholine rings is 1. The number of aromatic amines is 1. The minimum atomic E-state index is -3.73. The van der Waals surface area contributed by atoms with Gasteiger partial charge in [0.25, 0.3) is 0 Å². The van der Waals surface area contributed by atoms with Gasteiger partial charge in [-0.15, -0.1) is 0 Å². The number of nitrogens with one attached hydrogen (secondary N) is 3. The third-order valence-corrected chi connectivity index (χ3v) is 10.9. The van der Waals surface area contributed by atoms with Crippen molar-refractivity contribution in [2.45, 2.75) is 55.7 Å². The molecule has 43 heavy (non-hydrogen) atoms. The van der Waals surface area contributed by atoms with Gasteiger partial charge in [0.2, 0.25) is 0 Å². The maximum Gasteiger partial charge on any atom is 0.323 e. The summed E-state index contributed by atoms with van der Waals surface area (Å²) in [5.41, 5.74) is 4.15. The molecule has 2 aliphatic rings. The Hall–Kier alpha value is -4.29. The number of carbonyl (C=O) groups excluding carboxylic acids is 1. The third-order valence-electron chi connectivity index (χ3n) is 8.33. The van der Waals surface area contributed by atoms with Gasteiger partial charge in [0.05, 0.1) is 47.4 Å². The summed E-state index contributed by atoms with van der Waals surface area (Å²) in [5.74, 6) is 1.11. The van der Waals surface area contributed by atoms with E-state index < -0.39 is 20.6 Å². The van der Waals surface area contributed by atoms with Gasteiger partial charge in [-0.3, -0.25) is 5.10 Å². The molecule has 6 rings (SSSR count). The molecule has 0 radical (unpaired) electrons. The molecule has 11 nitrogen and oxygen atoms in total. The molecule has 1 saturated heterocycles. The van der Waals surface area contributed by atoms with Gasteiger partial charge in [-0.25, -0.2) is 23.2 Å². The first kappa shape index (κ1) is 28.8. The molecule has 1 aliphatic carbocycles. The average Bonchev–Trinajstić information content (AvgIpc) is 3.36. The van der Waals surface area contributed by atoms with Gasteiger partial charge in [0, 0.05) is 23.9 Å². The number of aryl methyl sites for hydroxylation is 2. The summed E-state index contributed by atoms with van der Waals surface area (Å²) in [6.45, 7) is 7.59. The highest BCUT2D eigenvalue weighted by Gasteiger charge is 2.52. The number of amides is 2. The molecule has 1 saturated carbocycles. The second kappa shape index (κ2) is 11.4. The minimum absolute atomic E-state index is 0.0688. The van der Waals surface area contributed by atoms with Crippen molar-refractivity contribution in [1.29, 1.82) is 0 Å². The van der Waals surface area contributed by atoms with E-state index in [9.17, 15) is 13.2 Å². The van der Waals surface area contributed by atoms with Gasteiger partial charge >= 0.3 is 6.03 Å². The summed E-state index contributed by atoms with van der Waals surface area (Å²) in [6, 6.07) is 15.8. The molecule has 2 aromatic carbocycles. The monoisotopic (exact) mass is 601 g/mol. The fourth-order valence-electron chi connectivity index (χ4n) is 5.58. The topological polar surface area (TPSA) is 142 Å². The first-order valence-electron chi connectivity index (χ1n) is 14.4. The SMILES string of the molecule is Cc1ccc(S(=O)(=O)C2(c3cc(N4CCOC[C@@H]4C)nc(-c4ccc(NC(=O)Nc5cn[nH]c5C)cc4)n3)CCC2)cc1. The van der Waals surface area contributed by atoms with E-state index in [-0.39, 0.29) is 6.04 Å². The number of rotatable bonds is 7. The predicted molar refractivity (Wildman–Crippen MR) is 165 cm³/mol. The van der Waals surface area contributed by atoms with Crippen LogP contribution in [0.3, 0.4) is 0 Å². The lowest BCUT2D eigenvalue weighted by Crippen LogP contribution is -2.46. The van der Waals surface area contributed by atoms with Crippen molar-refractivity contribution in [1.82, 2.24) is 20.2 Å². The smallest absolute Gasteiger partial charge is 0.323 e. The molecule has 1 aliphatic heterocycles. The Labute approximate surface area is 251 Å². The van der Waals surface area contributed by atoms with Crippen LogP contribution in [0, 0.1) is 13.8 Å². The predicted octanol–water partition coefficient (Wildman–Crippen LogP) is 5.21. The van der Waals surface area contributed by atoms with Crippen LogP contribution in [0.15, 0.2) is 65.7 Å². The minimum Gasteiger partial charge on any atom is -0.377 e. The van der Waals surface area contributed by atoms with Gasteiger partial charge in [0.15, 0.2) is 15.7 Å². The van der Waals surface area contributed by atoms with Crippen LogP contribution < -0.4 is 15.5 Å². The van der Waals surface area contributed by atoms with Crippen molar-refractivity contribution >= 4 is 33.1 Å². The second-order valence-electron chi connectivity index (χ2n) is 11.3. The Morgan fingerprint density at radius 1 is 1.05 bits per heavy atom. The molecular formula is C31H35N7O4S. The highest BCUT2D eigenvalue weighted by atomic mass is 32.2. The first-order chi connectivity index (χ1) is 20.7. The number of hydrogen-bond acceptors (Lipinski definition) is 8. The van der Waals surface area contributed by atoms with Crippen LogP contribution in [0.25, 0.3) is 11.4 Å². The Kier molecular flexibility index (Phi) is 7.65. The molecule has 224 valence electrons. The molecular weight excluding hydrogens is 566 g/mol. The van der Waals surface area contributed by atoms with Crippen molar-refractivity contribution in [3.63, 3.8) is 0 Å². The second-order valence-corrected chi connectivity index (χ2v) is 13.5. The summed E-state index contributed by atoms with van der Waals surface area (Å²) < 4.78 is 32.9. The summed E-state index contributed by atoms with van der Waals surface area (Å²) in [4.78, 5) is 24.8. The van der Waals surface area contributed by atoms with Gasteiger partial charge in [0.1, 0.15) is 10.6 Å². The van der Waals surface area contributed by atoms with E-state index in [1.54, 1.807) is 30.5 Å². The fraction of sp³-hybridized carbons (Fsp3) is 0.355. The van der Waals surface area contributed by atoms with Gasteiger partial charge in [-0.05, 0) is 76.4 Å². The number of carbonyl (C=O) groups is 1. The molecule has 2 fully saturated rings. The van der Waals surface area contributed by atoms with Crippen LogP contribution in [-0.2, 0) is 19.3 Å². The molecule has 3 N–H and O–H groups in total. The molecule has 0 spiro atoms. The van der Waals surface area contributed by atoms with Crippen LogP contribution in [0.4, 0.5) is 22.0 Å². The molecule has 4 aromatic rings. The van der Waals surface area contributed by atoms with E-state index in [1.165, 1.54) is 0 Å². The number of benzene rings is 2. The third kappa shape index (κ3) is 5.48. The summed E-state index contributed by atoms with van der Waals surface area (Å²) in [6.07, 6.45) is 3.33. The molecule has 2 aromatic heterocycles. The van der Waals surface area contributed by atoms with E-state index in [0.717, 1.165) is 17.7 Å². The van der Waals surface area contributed by atoms with Crippen LogP contribution in [-0.4, -0.2) is 60.4 Å². The molecule has 0 unspecified atom stereocenters. The zero-order valence-electron chi connectivity index (χ0n) is 24.4. The summed E-state index contributed by atoms with van der Waals surface area (Å²) >= 11 is 0. The normalized spacial score (nSPS) is 18.1. The van der Waals surface area contributed by atoms with E-state index >= 15 is 0 Å². The Balaban J connectivity index is 1.36. The van der Waals surface area contributed by atoms with Crippen LogP contribution in [0.1, 0.15) is 43.1 Å². The zero-order chi connectivity index (χ0) is 30.2. The van der Waals surface area contributed by atoms with Crippen molar-refractivity contribution in [2.75, 3.05) is 35.3 Å². The Morgan fingerprint density at radius 2 is 1.79 bits per heavy atom.